The highest BCUT2D eigenvalue weighted by Gasteiger charge is 2.41. The molecule has 1 saturated carbocycles. The van der Waals surface area contributed by atoms with Gasteiger partial charge in [0.25, 0.3) is 0 Å². The van der Waals surface area contributed by atoms with E-state index in [2.05, 4.69) is 17.6 Å². The molecule has 3 N–H and O–H groups in total. The Morgan fingerprint density at radius 1 is 1.03 bits per heavy atom. The van der Waals surface area contributed by atoms with Crippen molar-refractivity contribution in [2.75, 3.05) is 6.61 Å². The number of hydrogen-bond donors (Lipinski definition) is 3. The van der Waals surface area contributed by atoms with Crippen LogP contribution in [0.15, 0.2) is 54.6 Å². The van der Waals surface area contributed by atoms with Crippen LogP contribution in [0, 0.1) is 0 Å². The molecule has 0 heterocycles. The predicted molar refractivity (Wildman–Crippen MR) is 142 cm³/mol. The van der Waals surface area contributed by atoms with Gasteiger partial charge in [0.2, 0.25) is 11.8 Å². The Morgan fingerprint density at radius 2 is 1.68 bits per heavy atom. The van der Waals surface area contributed by atoms with Gasteiger partial charge in [-0.25, -0.2) is 4.79 Å². The molecule has 2 aromatic rings. The molecule has 2 atom stereocenters. The fraction of sp³-hybridized carbons (Fsp3) is 0.483. The molecule has 3 amide bonds. The lowest BCUT2D eigenvalue weighted by atomic mass is 9.88. The van der Waals surface area contributed by atoms with Crippen molar-refractivity contribution in [3.63, 3.8) is 0 Å². The van der Waals surface area contributed by atoms with Gasteiger partial charge in [-0.05, 0) is 63.1 Å². The van der Waals surface area contributed by atoms with E-state index in [1.807, 2.05) is 54.6 Å². The number of alkyl carbamates (subject to hydrolysis) is 1. The molecule has 0 aliphatic heterocycles. The smallest absolute Gasteiger partial charge is 0.408 e. The standard InChI is InChI=1S/C29H39N3O5/c1-5-20-14-16-22(17-15-20)25(26(34)30-18-21-10-7-6-8-11-21)32(23-12-9-13-23)27(35)24(19-33)31-28(36)37-29(2,3)4/h6-8,10-11,14-17,23-25,33H,5,9,12-13,18-19H2,1-4H3,(H,30,34)(H,31,36). The van der Waals surface area contributed by atoms with Gasteiger partial charge in [-0.2, -0.15) is 0 Å². The molecule has 0 radical (unpaired) electrons. The number of ether oxygens (including phenoxy) is 1. The summed E-state index contributed by atoms with van der Waals surface area (Å²) in [4.78, 5) is 41.5. The molecule has 0 aromatic heterocycles. The highest BCUT2D eigenvalue weighted by Crippen LogP contribution is 2.34. The van der Waals surface area contributed by atoms with Crippen LogP contribution in [-0.2, 0) is 27.3 Å². The third kappa shape index (κ3) is 7.79. The molecule has 8 nitrogen and oxygen atoms in total. The highest BCUT2D eigenvalue weighted by atomic mass is 16.6. The van der Waals surface area contributed by atoms with Crippen LogP contribution < -0.4 is 10.6 Å². The second kappa shape index (κ2) is 12.7. The van der Waals surface area contributed by atoms with E-state index < -0.39 is 36.3 Å². The van der Waals surface area contributed by atoms with Crippen molar-refractivity contribution in [2.45, 2.75) is 83.6 Å². The molecule has 1 aliphatic carbocycles. The summed E-state index contributed by atoms with van der Waals surface area (Å²) in [5, 5.41) is 15.5. The van der Waals surface area contributed by atoms with Gasteiger partial charge in [0, 0.05) is 12.6 Å². The van der Waals surface area contributed by atoms with Gasteiger partial charge in [-0.15, -0.1) is 0 Å². The molecule has 37 heavy (non-hydrogen) atoms. The van der Waals surface area contributed by atoms with Gasteiger partial charge in [0.1, 0.15) is 17.7 Å². The topological polar surface area (TPSA) is 108 Å². The molecule has 200 valence electrons. The third-order valence-electron chi connectivity index (χ3n) is 6.43. The zero-order valence-electron chi connectivity index (χ0n) is 22.2. The molecule has 0 saturated heterocycles. The van der Waals surface area contributed by atoms with Crippen LogP contribution >= 0.6 is 0 Å². The minimum atomic E-state index is -1.24. The van der Waals surface area contributed by atoms with E-state index in [1.165, 1.54) is 0 Å². The largest absolute Gasteiger partial charge is 0.444 e. The number of benzene rings is 2. The minimum Gasteiger partial charge on any atom is -0.444 e. The van der Waals surface area contributed by atoms with E-state index in [0.29, 0.717) is 12.1 Å². The van der Waals surface area contributed by atoms with E-state index in [0.717, 1.165) is 36.8 Å². The monoisotopic (exact) mass is 509 g/mol. The lowest BCUT2D eigenvalue weighted by Crippen LogP contribution is -2.58. The molecule has 8 heteroatoms. The van der Waals surface area contributed by atoms with Crippen molar-refractivity contribution in [1.29, 1.82) is 0 Å². The summed E-state index contributed by atoms with van der Waals surface area (Å²) in [6, 6.07) is 14.9. The number of aliphatic hydroxyl groups is 1. The Bertz CT molecular complexity index is 1050. The maximum atomic E-state index is 13.8. The Morgan fingerprint density at radius 3 is 2.19 bits per heavy atom. The van der Waals surface area contributed by atoms with Crippen LogP contribution in [0.5, 0.6) is 0 Å². The summed E-state index contributed by atoms with van der Waals surface area (Å²) < 4.78 is 5.30. The number of carbonyl (C=O) groups is 3. The zero-order chi connectivity index (χ0) is 27.0. The van der Waals surface area contributed by atoms with E-state index in [-0.39, 0.29) is 11.9 Å². The number of aliphatic hydroxyl groups excluding tert-OH is 1. The summed E-state index contributed by atoms with van der Waals surface area (Å²) in [5.74, 6) is -0.834. The Hall–Kier alpha value is -3.39. The maximum Gasteiger partial charge on any atom is 0.408 e. The van der Waals surface area contributed by atoms with Crippen LogP contribution in [0.2, 0.25) is 0 Å². The van der Waals surface area contributed by atoms with Crippen LogP contribution in [0.3, 0.4) is 0 Å². The van der Waals surface area contributed by atoms with Crippen molar-refractivity contribution in [3.05, 3.63) is 71.3 Å². The van der Waals surface area contributed by atoms with Gasteiger partial charge >= 0.3 is 6.09 Å². The first-order valence-electron chi connectivity index (χ1n) is 13.0. The SMILES string of the molecule is CCc1ccc(C(C(=O)NCc2ccccc2)N(C(=O)C(CO)NC(=O)OC(C)(C)C)C2CCC2)cc1. The third-order valence-corrected chi connectivity index (χ3v) is 6.43. The van der Waals surface area contributed by atoms with Crippen LogP contribution in [0.1, 0.15) is 69.7 Å². The fourth-order valence-corrected chi connectivity index (χ4v) is 4.25. The molecule has 0 spiro atoms. The normalized spacial score (nSPS) is 15.2. The molecule has 1 fully saturated rings. The van der Waals surface area contributed by atoms with Crippen molar-refractivity contribution in [3.8, 4) is 0 Å². The Balaban J connectivity index is 1.92. The number of nitrogens with one attached hydrogen (secondary N) is 2. The number of amides is 3. The summed E-state index contributed by atoms with van der Waals surface area (Å²) in [6.45, 7) is 6.91. The van der Waals surface area contributed by atoms with Crippen LogP contribution in [0.4, 0.5) is 4.79 Å². The zero-order valence-corrected chi connectivity index (χ0v) is 22.2. The van der Waals surface area contributed by atoms with E-state index in [9.17, 15) is 19.5 Å². The van der Waals surface area contributed by atoms with Gasteiger partial charge < -0.3 is 25.4 Å². The number of nitrogens with zero attached hydrogens (tertiary/aromatic N) is 1. The number of carbonyl (C=O) groups excluding carboxylic acids is 3. The number of aryl methyl sites for hydroxylation is 1. The van der Waals surface area contributed by atoms with E-state index in [4.69, 9.17) is 4.74 Å². The average Bonchev–Trinajstić information content (AvgIpc) is 2.84. The summed E-state index contributed by atoms with van der Waals surface area (Å²) in [5.41, 5.74) is 1.98. The molecular weight excluding hydrogens is 470 g/mol. The van der Waals surface area contributed by atoms with Gasteiger partial charge in [-0.3, -0.25) is 9.59 Å². The summed E-state index contributed by atoms with van der Waals surface area (Å²) >= 11 is 0. The highest BCUT2D eigenvalue weighted by molar-refractivity contribution is 5.92. The van der Waals surface area contributed by atoms with Crippen molar-refractivity contribution in [2.24, 2.45) is 0 Å². The Labute approximate surface area is 219 Å². The van der Waals surface area contributed by atoms with Crippen molar-refractivity contribution >= 4 is 17.9 Å². The molecular formula is C29H39N3O5. The van der Waals surface area contributed by atoms with Crippen LogP contribution in [-0.4, -0.2) is 52.2 Å². The lowest BCUT2D eigenvalue weighted by Gasteiger charge is -2.43. The molecule has 3 rings (SSSR count). The second-order valence-electron chi connectivity index (χ2n) is 10.4. The average molecular weight is 510 g/mol. The first-order valence-corrected chi connectivity index (χ1v) is 13.0. The molecule has 0 bridgehead atoms. The predicted octanol–water partition coefficient (Wildman–Crippen LogP) is 3.87. The molecule has 2 unspecified atom stereocenters. The van der Waals surface area contributed by atoms with E-state index in [1.54, 1.807) is 25.7 Å². The van der Waals surface area contributed by atoms with Crippen molar-refractivity contribution < 1.29 is 24.2 Å². The quantitative estimate of drug-likeness (QED) is 0.451. The van der Waals surface area contributed by atoms with Gasteiger partial charge in [-0.1, -0.05) is 61.5 Å². The van der Waals surface area contributed by atoms with Crippen LogP contribution in [0.25, 0.3) is 0 Å². The molecule has 2 aromatic carbocycles. The van der Waals surface area contributed by atoms with Crippen molar-refractivity contribution in [1.82, 2.24) is 15.5 Å². The number of rotatable bonds is 10. The summed E-state index contributed by atoms with van der Waals surface area (Å²) in [6.07, 6.45) is 2.47. The maximum absolute atomic E-state index is 13.8. The van der Waals surface area contributed by atoms with E-state index >= 15 is 0 Å². The fourth-order valence-electron chi connectivity index (χ4n) is 4.25. The first kappa shape index (κ1) is 28.2. The molecule has 1 aliphatic rings. The number of hydrogen-bond acceptors (Lipinski definition) is 5. The van der Waals surface area contributed by atoms with Gasteiger partial charge in [0.05, 0.1) is 6.61 Å². The summed E-state index contributed by atoms with van der Waals surface area (Å²) in [7, 11) is 0. The van der Waals surface area contributed by atoms with Gasteiger partial charge in [0.15, 0.2) is 0 Å². The lowest BCUT2D eigenvalue weighted by molar-refractivity contribution is -0.148. The Kier molecular flexibility index (Phi) is 9.69. The second-order valence-corrected chi connectivity index (χ2v) is 10.4. The first-order chi connectivity index (χ1) is 17.6. The minimum absolute atomic E-state index is 0.180.